The molecule has 0 fully saturated rings. The summed E-state index contributed by atoms with van der Waals surface area (Å²) in [7, 11) is 1.51. The summed E-state index contributed by atoms with van der Waals surface area (Å²) in [6, 6.07) is 16.4. The lowest BCUT2D eigenvalue weighted by atomic mass is 10.2. The summed E-state index contributed by atoms with van der Waals surface area (Å²) in [6.07, 6.45) is 0. The van der Waals surface area contributed by atoms with E-state index >= 15 is 0 Å². The smallest absolute Gasteiger partial charge is 0.276 e. The number of hydrogen-bond acceptors (Lipinski definition) is 4. The zero-order valence-electron chi connectivity index (χ0n) is 13.3. The molecule has 3 aromatic rings. The first kappa shape index (κ1) is 16.7. The average Bonchev–Trinajstić information content (AvgIpc) is 2.63. The highest BCUT2D eigenvalue weighted by Crippen LogP contribution is 2.27. The van der Waals surface area contributed by atoms with E-state index in [2.05, 4.69) is 10.4 Å². The third-order valence-corrected chi connectivity index (χ3v) is 3.74. The predicted octanol–water partition coefficient (Wildman–Crippen LogP) is 3.15. The minimum atomic E-state index is -0.453. The van der Waals surface area contributed by atoms with E-state index in [-0.39, 0.29) is 11.3 Å². The SMILES string of the molecule is COc1ccc(NC(=O)c2ccc(=O)n(-c3ccccc3)n2)cc1Cl. The Morgan fingerprint density at radius 2 is 1.88 bits per heavy atom. The molecule has 126 valence electrons. The number of carbonyl (C=O) groups is 1. The van der Waals surface area contributed by atoms with Gasteiger partial charge >= 0.3 is 0 Å². The van der Waals surface area contributed by atoms with E-state index in [1.165, 1.54) is 23.9 Å². The topological polar surface area (TPSA) is 73.2 Å². The molecule has 0 aliphatic heterocycles. The van der Waals surface area contributed by atoms with Gasteiger partial charge in [-0.2, -0.15) is 9.78 Å². The molecule has 0 unspecified atom stereocenters. The maximum absolute atomic E-state index is 12.4. The van der Waals surface area contributed by atoms with Gasteiger partial charge < -0.3 is 10.1 Å². The molecule has 0 bridgehead atoms. The van der Waals surface area contributed by atoms with Gasteiger partial charge in [0.25, 0.3) is 11.5 Å². The van der Waals surface area contributed by atoms with Crippen LogP contribution in [0.4, 0.5) is 5.69 Å². The summed E-state index contributed by atoms with van der Waals surface area (Å²) in [5.74, 6) is 0.0568. The molecule has 0 saturated carbocycles. The standard InChI is InChI=1S/C18H14ClN3O3/c1-25-16-9-7-12(11-14(16)19)20-18(24)15-8-10-17(23)22(21-15)13-5-3-2-4-6-13/h2-11H,1H3,(H,20,24). The molecule has 25 heavy (non-hydrogen) atoms. The van der Waals surface area contributed by atoms with E-state index < -0.39 is 5.91 Å². The van der Waals surface area contributed by atoms with Crippen LogP contribution in [-0.4, -0.2) is 22.8 Å². The normalized spacial score (nSPS) is 10.3. The molecule has 1 heterocycles. The highest BCUT2D eigenvalue weighted by molar-refractivity contribution is 6.32. The Bertz CT molecular complexity index is 971. The monoisotopic (exact) mass is 355 g/mol. The van der Waals surface area contributed by atoms with Gasteiger partial charge in [-0.15, -0.1) is 0 Å². The van der Waals surface area contributed by atoms with Crippen LogP contribution in [0.2, 0.25) is 5.02 Å². The fourth-order valence-corrected chi connectivity index (χ4v) is 2.48. The third-order valence-electron chi connectivity index (χ3n) is 3.44. The van der Waals surface area contributed by atoms with Crippen LogP contribution in [0, 0.1) is 0 Å². The Morgan fingerprint density at radius 1 is 1.12 bits per heavy atom. The van der Waals surface area contributed by atoms with Crippen molar-refractivity contribution in [1.29, 1.82) is 0 Å². The van der Waals surface area contributed by atoms with Crippen molar-refractivity contribution in [1.82, 2.24) is 9.78 Å². The van der Waals surface area contributed by atoms with E-state index in [9.17, 15) is 9.59 Å². The van der Waals surface area contributed by atoms with Crippen LogP contribution < -0.4 is 15.6 Å². The maximum Gasteiger partial charge on any atom is 0.276 e. The average molecular weight is 356 g/mol. The fourth-order valence-electron chi connectivity index (χ4n) is 2.23. The summed E-state index contributed by atoms with van der Waals surface area (Å²) < 4.78 is 6.25. The molecule has 0 saturated heterocycles. The van der Waals surface area contributed by atoms with Gasteiger partial charge in [-0.3, -0.25) is 9.59 Å². The van der Waals surface area contributed by atoms with Crippen LogP contribution in [0.25, 0.3) is 5.69 Å². The van der Waals surface area contributed by atoms with E-state index in [1.807, 2.05) is 6.07 Å². The van der Waals surface area contributed by atoms with Gasteiger partial charge in [-0.05, 0) is 36.4 Å². The van der Waals surface area contributed by atoms with Crippen molar-refractivity contribution in [3.05, 3.63) is 81.7 Å². The zero-order chi connectivity index (χ0) is 17.8. The number of hydrogen-bond donors (Lipinski definition) is 1. The quantitative estimate of drug-likeness (QED) is 0.780. The molecule has 1 aromatic heterocycles. The first-order valence-electron chi connectivity index (χ1n) is 7.39. The van der Waals surface area contributed by atoms with E-state index in [4.69, 9.17) is 16.3 Å². The van der Waals surface area contributed by atoms with Gasteiger partial charge in [0, 0.05) is 11.8 Å². The number of methoxy groups -OCH3 is 1. The van der Waals surface area contributed by atoms with Crippen molar-refractivity contribution in [2.24, 2.45) is 0 Å². The van der Waals surface area contributed by atoms with Crippen LogP contribution in [0.3, 0.4) is 0 Å². The van der Waals surface area contributed by atoms with Crippen molar-refractivity contribution in [3.63, 3.8) is 0 Å². The van der Waals surface area contributed by atoms with Gasteiger partial charge in [0.15, 0.2) is 0 Å². The van der Waals surface area contributed by atoms with Crippen LogP contribution in [0.5, 0.6) is 5.75 Å². The number of aromatic nitrogens is 2. The molecule has 0 aliphatic rings. The number of anilines is 1. The van der Waals surface area contributed by atoms with Crippen molar-refractivity contribution in [2.45, 2.75) is 0 Å². The Balaban J connectivity index is 1.88. The Labute approximate surface area is 148 Å². The first-order chi connectivity index (χ1) is 12.1. The molecule has 0 aliphatic carbocycles. The minimum Gasteiger partial charge on any atom is -0.495 e. The summed E-state index contributed by atoms with van der Waals surface area (Å²) in [6.45, 7) is 0. The van der Waals surface area contributed by atoms with E-state index in [0.29, 0.717) is 22.1 Å². The van der Waals surface area contributed by atoms with Crippen molar-refractivity contribution in [3.8, 4) is 11.4 Å². The molecule has 1 amide bonds. The second kappa shape index (κ2) is 7.19. The Morgan fingerprint density at radius 3 is 2.56 bits per heavy atom. The van der Waals surface area contributed by atoms with Gasteiger partial charge in [0.05, 0.1) is 17.8 Å². The number of para-hydroxylation sites is 1. The lowest BCUT2D eigenvalue weighted by Crippen LogP contribution is -2.24. The lowest BCUT2D eigenvalue weighted by molar-refractivity contribution is 0.102. The largest absolute Gasteiger partial charge is 0.495 e. The number of nitrogens with zero attached hydrogens (tertiary/aromatic N) is 2. The zero-order valence-corrected chi connectivity index (χ0v) is 14.0. The Kier molecular flexibility index (Phi) is 4.81. The van der Waals surface area contributed by atoms with Crippen LogP contribution in [0.1, 0.15) is 10.5 Å². The summed E-state index contributed by atoms with van der Waals surface area (Å²) in [5, 5.41) is 7.20. The van der Waals surface area contributed by atoms with Gasteiger partial charge in [-0.25, -0.2) is 0 Å². The van der Waals surface area contributed by atoms with Crippen molar-refractivity contribution >= 4 is 23.2 Å². The Hall–Kier alpha value is -3.12. The first-order valence-corrected chi connectivity index (χ1v) is 7.77. The molecule has 2 aromatic carbocycles. The van der Waals surface area contributed by atoms with E-state index in [0.717, 1.165) is 0 Å². The number of ether oxygens (including phenoxy) is 1. The highest BCUT2D eigenvalue weighted by Gasteiger charge is 2.12. The van der Waals surface area contributed by atoms with Crippen LogP contribution in [0.15, 0.2) is 65.5 Å². The molecule has 3 rings (SSSR count). The summed E-state index contributed by atoms with van der Waals surface area (Å²) in [5.41, 5.74) is 0.857. The molecule has 0 atom stereocenters. The number of carbonyl (C=O) groups excluding carboxylic acids is 1. The number of rotatable bonds is 4. The summed E-state index contributed by atoms with van der Waals surface area (Å²) in [4.78, 5) is 24.4. The van der Waals surface area contributed by atoms with Crippen molar-refractivity contribution < 1.29 is 9.53 Å². The molecular weight excluding hydrogens is 342 g/mol. The molecule has 6 nitrogen and oxygen atoms in total. The van der Waals surface area contributed by atoms with Crippen molar-refractivity contribution in [2.75, 3.05) is 12.4 Å². The lowest BCUT2D eigenvalue weighted by Gasteiger charge is -2.09. The number of amides is 1. The number of benzene rings is 2. The predicted molar refractivity (Wildman–Crippen MR) is 95.8 cm³/mol. The van der Waals surface area contributed by atoms with E-state index in [1.54, 1.807) is 42.5 Å². The van der Waals surface area contributed by atoms with Gasteiger partial charge in [-0.1, -0.05) is 29.8 Å². The second-order valence-electron chi connectivity index (χ2n) is 5.11. The highest BCUT2D eigenvalue weighted by atomic mass is 35.5. The van der Waals surface area contributed by atoms with Gasteiger partial charge in [0.1, 0.15) is 11.4 Å². The minimum absolute atomic E-state index is 0.107. The second-order valence-corrected chi connectivity index (χ2v) is 5.51. The van der Waals surface area contributed by atoms with Crippen LogP contribution in [-0.2, 0) is 0 Å². The molecular formula is C18H14ClN3O3. The molecule has 1 N–H and O–H groups in total. The fraction of sp³-hybridized carbons (Fsp3) is 0.0556. The number of halogens is 1. The van der Waals surface area contributed by atoms with Gasteiger partial charge in [0.2, 0.25) is 0 Å². The molecule has 7 heteroatoms. The third kappa shape index (κ3) is 3.70. The molecule has 0 spiro atoms. The van der Waals surface area contributed by atoms with Crippen LogP contribution >= 0.6 is 11.6 Å². The number of nitrogens with one attached hydrogen (secondary N) is 1. The molecule has 0 radical (unpaired) electrons. The maximum atomic E-state index is 12.4. The summed E-state index contributed by atoms with van der Waals surface area (Å²) >= 11 is 6.05.